The van der Waals surface area contributed by atoms with Gasteiger partial charge in [-0.15, -0.1) is 0 Å². The Bertz CT molecular complexity index is 992. The molecular weight excluding hydrogens is 472 g/mol. The van der Waals surface area contributed by atoms with Gasteiger partial charge in [-0.05, 0) is 37.8 Å². The first-order valence-electron chi connectivity index (χ1n) is 12.5. The number of carbonyl (C=O) groups is 3. The van der Waals surface area contributed by atoms with Crippen LogP contribution >= 0.6 is 11.6 Å². The SMILES string of the molecule is O=C(O)CN(C(=O)CCCCCCOc1c(Cl)ccc2c1CN1CC(=O)NC1=N2)C1CCCCC1. The van der Waals surface area contributed by atoms with Gasteiger partial charge in [0.2, 0.25) is 17.8 Å². The zero-order valence-corrected chi connectivity index (χ0v) is 20.7. The van der Waals surface area contributed by atoms with Gasteiger partial charge < -0.3 is 19.6 Å². The first kappa shape index (κ1) is 25.3. The third-order valence-electron chi connectivity index (χ3n) is 6.82. The van der Waals surface area contributed by atoms with Gasteiger partial charge in [0.1, 0.15) is 18.8 Å². The number of amides is 2. The average molecular weight is 505 g/mol. The molecular formula is C25H33ClN4O5. The van der Waals surface area contributed by atoms with Crippen LogP contribution in [0.3, 0.4) is 0 Å². The molecule has 2 N–H and O–H groups in total. The summed E-state index contributed by atoms with van der Waals surface area (Å²) < 4.78 is 6.03. The Morgan fingerprint density at radius 1 is 1.14 bits per heavy atom. The number of ether oxygens (including phenoxy) is 1. The summed E-state index contributed by atoms with van der Waals surface area (Å²) in [6, 6.07) is 3.65. The van der Waals surface area contributed by atoms with Gasteiger partial charge in [-0.1, -0.05) is 43.7 Å². The predicted molar refractivity (Wildman–Crippen MR) is 132 cm³/mol. The summed E-state index contributed by atoms with van der Waals surface area (Å²) in [5, 5.41) is 12.5. The summed E-state index contributed by atoms with van der Waals surface area (Å²) in [5.74, 6) is 0.104. The van der Waals surface area contributed by atoms with Crippen molar-refractivity contribution in [3.63, 3.8) is 0 Å². The smallest absolute Gasteiger partial charge is 0.323 e. The Morgan fingerprint density at radius 2 is 1.91 bits per heavy atom. The van der Waals surface area contributed by atoms with E-state index in [1.54, 1.807) is 11.0 Å². The Morgan fingerprint density at radius 3 is 2.69 bits per heavy atom. The van der Waals surface area contributed by atoms with Crippen LogP contribution in [0.2, 0.25) is 5.02 Å². The number of hydrogen-bond donors (Lipinski definition) is 2. The van der Waals surface area contributed by atoms with E-state index in [1.165, 1.54) is 0 Å². The third kappa shape index (κ3) is 6.45. The number of aliphatic imine (C=N–C) groups is 1. The summed E-state index contributed by atoms with van der Waals surface area (Å²) >= 11 is 6.40. The van der Waals surface area contributed by atoms with Crippen LogP contribution in [0.5, 0.6) is 5.75 Å². The highest BCUT2D eigenvalue weighted by molar-refractivity contribution is 6.32. The summed E-state index contributed by atoms with van der Waals surface area (Å²) in [7, 11) is 0. The molecule has 1 aromatic carbocycles. The van der Waals surface area contributed by atoms with Crippen molar-refractivity contribution in [2.24, 2.45) is 4.99 Å². The standard InChI is InChI=1S/C25H33ClN4O5/c26-19-11-12-20-18(14-29-15-21(31)28-25(29)27-20)24(19)35-13-7-2-1-6-10-22(32)30(16-23(33)34)17-8-4-3-5-9-17/h11-12,17H,1-10,13-16H2,(H,33,34)(H,27,28,31). The van der Waals surface area contributed by atoms with Gasteiger partial charge >= 0.3 is 5.97 Å². The molecule has 2 fully saturated rings. The summed E-state index contributed by atoms with van der Waals surface area (Å²) in [6.07, 6.45) is 8.78. The molecule has 2 heterocycles. The number of fused-ring (bicyclic) bond motifs is 2. The number of carbonyl (C=O) groups excluding carboxylic acids is 2. The largest absolute Gasteiger partial charge is 0.492 e. The van der Waals surface area contributed by atoms with Crippen LogP contribution in [0.1, 0.15) is 69.8 Å². The molecule has 4 rings (SSSR count). The molecule has 1 saturated heterocycles. The van der Waals surface area contributed by atoms with E-state index in [2.05, 4.69) is 10.3 Å². The van der Waals surface area contributed by atoms with E-state index in [0.29, 0.717) is 36.3 Å². The third-order valence-corrected chi connectivity index (χ3v) is 7.12. The average Bonchev–Trinajstić information content (AvgIpc) is 3.21. The van der Waals surface area contributed by atoms with Crippen LogP contribution in [0, 0.1) is 0 Å². The van der Waals surface area contributed by atoms with Crippen LogP contribution in [0.4, 0.5) is 5.69 Å². The lowest BCUT2D eigenvalue weighted by molar-refractivity contribution is -0.146. The van der Waals surface area contributed by atoms with Gasteiger partial charge in [0.15, 0.2) is 0 Å². The summed E-state index contributed by atoms with van der Waals surface area (Å²) in [6.45, 7) is 1.07. The number of nitrogens with zero attached hydrogens (tertiary/aromatic N) is 3. The molecule has 0 unspecified atom stereocenters. The normalized spacial score (nSPS) is 17.3. The number of aliphatic carboxylic acids is 1. The second kappa shape index (κ2) is 11.7. The molecule has 2 aliphatic heterocycles. The Hall–Kier alpha value is -2.81. The van der Waals surface area contributed by atoms with Crippen molar-refractivity contribution < 1.29 is 24.2 Å². The van der Waals surface area contributed by atoms with E-state index in [0.717, 1.165) is 69.0 Å². The van der Waals surface area contributed by atoms with Gasteiger partial charge in [-0.25, -0.2) is 4.99 Å². The molecule has 0 aromatic heterocycles. The van der Waals surface area contributed by atoms with Gasteiger partial charge in [-0.2, -0.15) is 0 Å². The Balaban J connectivity index is 1.20. The van der Waals surface area contributed by atoms with Crippen LogP contribution in [0.15, 0.2) is 17.1 Å². The fourth-order valence-corrected chi connectivity index (χ4v) is 5.27. The lowest BCUT2D eigenvalue weighted by atomic mass is 9.93. The first-order valence-corrected chi connectivity index (χ1v) is 12.9. The minimum absolute atomic E-state index is 0.0481. The highest BCUT2D eigenvalue weighted by Crippen LogP contribution is 2.39. The summed E-state index contributed by atoms with van der Waals surface area (Å²) in [5.41, 5.74) is 1.63. The fourth-order valence-electron chi connectivity index (χ4n) is 5.04. The highest BCUT2D eigenvalue weighted by atomic mass is 35.5. The number of unbranched alkanes of at least 4 members (excludes halogenated alkanes) is 3. The van der Waals surface area contributed by atoms with Crippen LogP contribution < -0.4 is 10.1 Å². The molecule has 2 amide bonds. The molecule has 35 heavy (non-hydrogen) atoms. The second-order valence-corrected chi connectivity index (χ2v) is 9.84. The monoisotopic (exact) mass is 504 g/mol. The van der Waals surface area contributed by atoms with Crippen molar-refractivity contribution in [3.05, 3.63) is 22.7 Å². The van der Waals surface area contributed by atoms with Gasteiger partial charge in [0, 0.05) is 18.0 Å². The summed E-state index contributed by atoms with van der Waals surface area (Å²) in [4.78, 5) is 43.6. The molecule has 0 bridgehead atoms. The zero-order chi connectivity index (χ0) is 24.8. The topological polar surface area (TPSA) is 112 Å². The number of halogens is 1. The van der Waals surface area contributed by atoms with Gasteiger partial charge in [-0.3, -0.25) is 19.7 Å². The molecule has 0 atom stereocenters. The zero-order valence-electron chi connectivity index (χ0n) is 19.9. The first-order chi connectivity index (χ1) is 16.9. The lowest BCUT2D eigenvalue weighted by Gasteiger charge is -2.33. The van der Waals surface area contributed by atoms with Crippen LogP contribution in [-0.4, -0.2) is 64.4 Å². The molecule has 3 aliphatic rings. The van der Waals surface area contributed by atoms with Gasteiger partial charge in [0.25, 0.3) is 0 Å². The molecule has 1 aliphatic carbocycles. The second-order valence-electron chi connectivity index (χ2n) is 9.43. The van der Waals surface area contributed by atoms with Crippen LogP contribution in [-0.2, 0) is 20.9 Å². The Kier molecular flexibility index (Phi) is 8.49. The number of carboxylic acids is 1. The number of nitrogens with one attached hydrogen (secondary N) is 1. The molecule has 1 saturated carbocycles. The molecule has 0 radical (unpaired) electrons. The molecule has 190 valence electrons. The maximum atomic E-state index is 12.7. The minimum atomic E-state index is -0.947. The van der Waals surface area contributed by atoms with E-state index < -0.39 is 5.97 Å². The fraction of sp³-hybridized carbons (Fsp3) is 0.600. The van der Waals surface area contributed by atoms with E-state index in [9.17, 15) is 19.5 Å². The predicted octanol–water partition coefficient (Wildman–Crippen LogP) is 3.85. The maximum absolute atomic E-state index is 12.7. The molecule has 1 aromatic rings. The lowest BCUT2D eigenvalue weighted by Crippen LogP contribution is -2.44. The quantitative estimate of drug-likeness (QED) is 0.443. The number of guanidine groups is 1. The van der Waals surface area contributed by atoms with Crippen molar-refractivity contribution in [1.82, 2.24) is 15.1 Å². The van der Waals surface area contributed by atoms with Crippen molar-refractivity contribution in [2.45, 2.75) is 76.8 Å². The van der Waals surface area contributed by atoms with Crippen molar-refractivity contribution >= 4 is 41.0 Å². The Labute approximate surface area is 210 Å². The van der Waals surface area contributed by atoms with E-state index in [4.69, 9.17) is 16.3 Å². The van der Waals surface area contributed by atoms with Crippen molar-refractivity contribution in [1.29, 1.82) is 0 Å². The maximum Gasteiger partial charge on any atom is 0.323 e. The number of benzene rings is 1. The molecule has 10 heteroatoms. The van der Waals surface area contributed by atoms with E-state index >= 15 is 0 Å². The number of rotatable bonds is 11. The minimum Gasteiger partial charge on any atom is -0.492 e. The molecule has 0 spiro atoms. The number of hydrogen-bond acceptors (Lipinski definition) is 6. The van der Waals surface area contributed by atoms with E-state index in [-0.39, 0.29) is 30.9 Å². The highest BCUT2D eigenvalue weighted by Gasteiger charge is 2.31. The van der Waals surface area contributed by atoms with Crippen molar-refractivity contribution in [2.75, 3.05) is 19.7 Å². The van der Waals surface area contributed by atoms with Crippen molar-refractivity contribution in [3.8, 4) is 5.75 Å². The molecule has 9 nitrogen and oxygen atoms in total. The van der Waals surface area contributed by atoms with Gasteiger partial charge in [0.05, 0.1) is 23.9 Å². The van der Waals surface area contributed by atoms with E-state index in [1.807, 2.05) is 11.0 Å². The number of carboxylic acid groups (broad SMARTS) is 1. The van der Waals surface area contributed by atoms with Crippen LogP contribution in [0.25, 0.3) is 0 Å².